The molecule has 0 saturated heterocycles. The van der Waals surface area contributed by atoms with E-state index in [9.17, 15) is 0 Å². The molecule has 0 radical (unpaired) electrons. The van der Waals surface area contributed by atoms with Gasteiger partial charge in [-0.25, -0.2) is 4.98 Å². The summed E-state index contributed by atoms with van der Waals surface area (Å²) in [6.07, 6.45) is 7.57. The van der Waals surface area contributed by atoms with Gasteiger partial charge in [0, 0.05) is 36.2 Å². The molecule has 2 N–H and O–H groups in total. The van der Waals surface area contributed by atoms with Crippen LogP contribution >= 0.6 is 0 Å². The van der Waals surface area contributed by atoms with Crippen LogP contribution in [-0.4, -0.2) is 20.6 Å². The van der Waals surface area contributed by atoms with Crippen molar-refractivity contribution in [2.75, 3.05) is 0 Å². The van der Waals surface area contributed by atoms with Crippen LogP contribution in [0.25, 0.3) is 11.3 Å². The lowest BCUT2D eigenvalue weighted by molar-refractivity contribution is 0.461. The molecule has 0 saturated carbocycles. The Balaban J connectivity index is 2.04. The van der Waals surface area contributed by atoms with Crippen molar-refractivity contribution < 1.29 is 0 Å². The number of hydrogen-bond donors (Lipinski definition) is 1. The molecule has 0 aromatic carbocycles. The predicted molar refractivity (Wildman–Crippen MR) is 61.8 cm³/mol. The van der Waals surface area contributed by atoms with Crippen LogP contribution in [-0.2, 0) is 13.0 Å². The molecule has 3 rings (SSSR count). The molecule has 1 atom stereocenters. The van der Waals surface area contributed by atoms with Gasteiger partial charge >= 0.3 is 0 Å². The number of nitrogens with zero attached hydrogens (tertiary/aromatic N) is 3. The van der Waals surface area contributed by atoms with E-state index >= 15 is 0 Å². The first kappa shape index (κ1) is 9.54. The fourth-order valence-corrected chi connectivity index (χ4v) is 2.24. The molecule has 82 valence electrons. The average molecular weight is 214 g/mol. The van der Waals surface area contributed by atoms with Crippen molar-refractivity contribution >= 4 is 0 Å². The number of pyridine rings is 1. The first-order valence-electron chi connectivity index (χ1n) is 5.54. The Morgan fingerprint density at radius 2 is 2.38 bits per heavy atom. The smallest absolute Gasteiger partial charge is 0.0956 e. The molecule has 3 heterocycles. The van der Waals surface area contributed by atoms with Gasteiger partial charge in [-0.2, -0.15) is 0 Å². The Labute approximate surface area is 94.1 Å². The highest BCUT2D eigenvalue weighted by molar-refractivity contribution is 5.60. The molecule has 1 aliphatic heterocycles. The Morgan fingerprint density at radius 1 is 1.44 bits per heavy atom. The van der Waals surface area contributed by atoms with E-state index < -0.39 is 0 Å². The monoisotopic (exact) mass is 214 g/mol. The fourth-order valence-electron chi connectivity index (χ4n) is 2.24. The molecule has 1 unspecified atom stereocenters. The van der Waals surface area contributed by atoms with Crippen LogP contribution in [0, 0.1) is 0 Å². The molecular formula is C12H14N4. The summed E-state index contributed by atoms with van der Waals surface area (Å²) in [5, 5.41) is 0. The second-order valence-corrected chi connectivity index (χ2v) is 4.23. The van der Waals surface area contributed by atoms with Gasteiger partial charge < -0.3 is 10.3 Å². The first-order valence-corrected chi connectivity index (χ1v) is 5.54. The van der Waals surface area contributed by atoms with Crippen molar-refractivity contribution in [2.45, 2.75) is 25.4 Å². The van der Waals surface area contributed by atoms with Crippen LogP contribution in [0.5, 0.6) is 0 Å². The maximum atomic E-state index is 5.94. The second-order valence-electron chi connectivity index (χ2n) is 4.23. The third-order valence-corrected chi connectivity index (χ3v) is 3.06. The van der Waals surface area contributed by atoms with Crippen LogP contribution in [0.1, 0.15) is 12.1 Å². The van der Waals surface area contributed by atoms with Gasteiger partial charge in [0.15, 0.2) is 0 Å². The number of hydrogen-bond acceptors (Lipinski definition) is 3. The summed E-state index contributed by atoms with van der Waals surface area (Å²) >= 11 is 0. The van der Waals surface area contributed by atoms with Gasteiger partial charge in [0.25, 0.3) is 0 Å². The molecule has 0 spiro atoms. The van der Waals surface area contributed by atoms with E-state index in [2.05, 4.69) is 14.5 Å². The molecule has 0 aliphatic carbocycles. The highest BCUT2D eigenvalue weighted by atomic mass is 15.1. The van der Waals surface area contributed by atoms with Crippen LogP contribution < -0.4 is 5.73 Å². The van der Waals surface area contributed by atoms with Gasteiger partial charge in [-0.05, 0) is 25.0 Å². The van der Waals surface area contributed by atoms with E-state index in [-0.39, 0.29) is 6.04 Å². The summed E-state index contributed by atoms with van der Waals surface area (Å²) in [5.74, 6) is 0. The SMILES string of the molecule is NC1CCc2c(-c3cccnc3)ncn2C1. The predicted octanol–water partition coefficient (Wildman–Crippen LogP) is 1.22. The minimum atomic E-state index is 0.267. The van der Waals surface area contributed by atoms with Crippen molar-refractivity contribution in [3.63, 3.8) is 0 Å². The summed E-state index contributed by atoms with van der Waals surface area (Å²) in [6, 6.07) is 4.25. The average Bonchev–Trinajstić information content (AvgIpc) is 2.73. The zero-order valence-electron chi connectivity index (χ0n) is 9.00. The van der Waals surface area contributed by atoms with Gasteiger partial charge in [-0.3, -0.25) is 4.98 Å². The van der Waals surface area contributed by atoms with E-state index in [1.165, 1.54) is 5.69 Å². The summed E-state index contributed by atoms with van der Waals surface area (Å²) in [4.78, 5) is 8.60. The summed E-state index contributed by atoms with van der Waals surface area (Å²) < 4.78 is 2.16. The van der Waals surface area contributed by atoms with Crippen molar-refractivity contribution in [1.29, 1.82) is 0 Å². The molecule has 2 aromatic heterocycles. The lowest BCUT2D eigenvalue weighted by Crippen LogP contribution is -2.31. The molecule has 2 aromatic rings. The maximum absolute atomic E-state index is 5.94. The van der Waals surface area contributed by atoms with Gasteiger partial charge in [0.05, 0.1) is 12.0 Å². The van der Waals surface area contributed by atoms with E-state index in [4.69, 9.17) is 5.73 Å². The van der Waals surface area contributed by atoms with Crippen LogP contribution in [0.2, 0.25) is 0 Å². The van der Waals surface area contributed by atoms with E-state index in [1.807, 2.05) is 24.7 Å². The molecule has 0 amide bonds. The van der Waals surface area contributed by atoms with Crippen molar-refractivity contribution in [2.24, 2.45) is 5.73 Å². The lowest BCUT2D eigenvalue weighted by atomic mass is 10.0. The first-order chi connectivity index (χ1) is 7.84. The third kappa shape index (κ3) is 1.51. The standard InChI is InChI=1S/C12H14N4/c13-10-3-4-11-12(15-8-16(11)7-10)9-2-1-5-14-6-9/h1-2,5-6,8,10H,3-4,7,13H2. The second kappa shape index (κ2) is 3.72. The minimum Gasteiger partial charge on any atom is -0.332 e. The van der Waals surface area contributed by atoms with Gasteiger partial charge in [0.2, 0.25) is 0 Å². The number of rotatable bonds is 1. The topological polar surface area (TPSA) is 56.7 Å². The normalized spacial score (nSPS) is 19.4. The number of nitrogens with two attached hydrogens (primary N) is 1. The molecular weight excluding hydrogens is 200 g/mol. The van der Waals surface area contributed by atoms with E-state index in [0.717, 1.165) is 30.6 Å². The molecule has 0 bridgehead atoms. The minimum absolute atomic E-state index is 0.267. The summed E-state index contributed by atoms with van der Waals surface area (Å²) in [5.41, 5.74) is 9.37. The highest BCUT2D eigenvalue weighted by Gasteiger charge is 2.19. The summed E-state index contributed by atoms with van der Waals surface area (Å²) in [7, 11) is 0. The maximum Gasteiger partial charge on any atom is 0.0956 e. The number of imidazole rings is 1. The Hall–Kier alpha value is -1.68. The quantitative estimate of drug-likeness (QED) is 0.776. The summed E-state index contributed by atoms with van der Waals surface area (Å²) in [6.45, 7) is 0.878. The molecule has 1 aliphatic rings. The number of aromatic nitrogens is 3. The zero-order chi connectivity index (χ0) is 11.0. The van der Waals surface area contributed by atoms with Gasteiger partial charge in [-0.15, -0.1) is 0 Å². The Morgan fingerprint density at radius 3 is 3.19 bits per heavy atom. The van der Waals surface area contributed by atoms with Crippen LogP contribution in [0.3, 0.4) is 0 Å². The highest BCUT2D eigenvalue weighted by Crippen LogP contribution is 2.25. The zero-order valence-corrected chi connectivity index (χ0v) is 9.00. The van der Waals surface area contributed by atoms with E-state index in [1.54, 1.807) is 6.20 Å². The van der Waals surface area contributed by atoms with E-state index in [0.29, 0.717) is 0 Å². The van der Waals surface area contributed by atoms with Crippen molar-refractivity contribution in [3.8, 4) is 11.3 Å². The van der Waals surface area contributed by atoms with Gasteiger partial charge in [-0.1, -0.05) is 0 Å². The fraction of sp³-hybridized carbons (Fsp3) is 0.333. The molecule has 0 fully saturated rings. The van der Waals surface area contributed by atoms with Crippen molar-refractivity contribution in [3.05, 3.63) is 36.5 Å². The molecule has 4 heteroatoms. The van der Waals surface area contributed by atoms with Crippen LogP contribution in [0.4, 0.5) is 0 Å². The number of fused-ring (bicyclic) bond motifs is 1. The largest absolute Gasteiger partial charge is 0.332 e. The molecule has 4 nitrogen and oxygen atoms in total. The van der Waals surface area contributed by atoms with Crippen LogP contribution in [0.15, 0.2) is 30.9 Å². The van der Waals surface area contributed by atoms with Gasteiger partial charge in [0.1, 0.15) is 0 Å². The van der Waals surface area contributed by atoms with Crippen molar-refractivity contribution in [1.82, 2.24) is 14.5 Å². The third-order valence-electron chi connectivity index (χ3n) is 3.06. The Bertz CT molecular complexity index is 489. The lowest BCUT2D eigenvalue weighted by Gasteiger charge is -2.21. The Kier molecular flexibility index (Phi) is 2.22. The molecule has 16 heavy (non-hydrogen) atoms.